The zero-order chi connectivity index (χ0) is 26.5. The fraction of sp³-hybridized carbons (Fsp3) is 0.536. The standard InChI is InChI=1S/C28H35F3N2O4/c1-36-25-20-22(12-13-24(25)33-18-16-32(17-19-33)15-14-26(34)35)27(28(29,30)31,21-8-4-2-5-9-21)37-23-10-6-3-7-11-23/h3,6-7,10-13,20-21H,2,4-5,8-9,14-19H2,1H3,(H,34,35). The second-order valence-corrected chi connectivity index (χ2v) is 9.84. The van der Waals surface area contributed by atoms with Gasteiger partial charge in [-0.05, 0) is 37.1 Å². The van der Waals surface area contributed by atoms with Gasteiger partial charge in [0.05, 0.1) is 19.2 Å². The molecule has 2 aromatic rings. The summed E-state index contributed by atoms with van der Waals surface area (Å²) in [7, 11) is 1.47. The molecule has 1 aliphatic carbocycles. The van der Waals surface area contributed by atoms with E-state index in [-0.39, 0.29) is 17.7 Å². The Morgan fingerprint density at radius 2 is 1.68 bits per heavy atom. The summed E-state index contributed by atoms with van der Waals surface area (Å²) >= 11 is 0. The van der Waals surface area contributed by atoms with Crippen LogP contribution in [0.3, 0.4) is 0 Å². The van der Waals surface area contributed by atoms with Gasteiger partial charge in [0, 0.05) is 44.2 Å². The van der Waals surface area contributed by atoms with Gasteiger partial charge in [-0.25, -0.2) is 0 Å². The van der Waals surface area contributed by atoms with Crippen LogP contribution >= 0.6 is 0 Å². The summed E-state index contributed by atoms with van der Waals surface area (Å²) < 4.78 is 57.1. The number of rotatable bonds is 9. The van der Waals surface area contributed by atoms with Gasteiger partial charge < -0.3 is 19.5 Å². The van der Waals surface area contributed by atoms with Gasteiger partial charge in [0.1, 0.15) is 11.5 Å². The molecule has 2 aromatic carbocycles. The van der Waals surface area contributed by atoms with E-state index in [1.807, 2.05) is 0 Å². The molecule has 0 radical (unpaired) electrons. The monoisotopic (exact) mass is 520 g/mol. The highest BCUT2D eigenvalue weighted by Gasteiger charge is 2.63. The van der Waals surface area contributed by atoms with Gasteiger partial charge in [-0.1, -0.05) is 43.5 Å². The first-order valence-corrected chi connectivity index (χ1v) is 12.9. The number of piperazine rings is 1. The van der Waals surface area contributed by atoms with Crippen molar-refractivity contribution in [1.29, 1.82) is 0 Å². The number of carbonyl (C=O) groups is 1. The first kappa shape index (κ1) is 27.1. The van der Waals surface area contributed by atoms with Crippen molar-refractivity contribution >= 4 is 11.7 Å². The molecule has 2 fully saturated rings. The van der Waals surface area contributed by atoms with Crippen molar-refractivity contribution in [1.82, 2.24) is 4.90 Å². The zero-order valence-electron chi connectivity index (χ0n) is 21.2. The number of halogens is 3. The molecule has 0 spiro atoms. The Morgan fingerprint density at radius 3 is 2.27 bits per heavy atom. The SMILES string of the molecule is COc1cc(C(Oc2ccccc2)(C2CCCCC2)C(F)(F)F)ccc1N1CCN(CCC(=O)O)CC1. The van der Waals surface area contributed by atoms with Crippen molar-refractivity contribution in [3.8, 4) is 11.5 Å². The van der Waals surface area contributed by atoms with Crippen LogP contribution in [0.25, 0.3) is 0 Å². The van der Waals surface area contributed by atoms with Crippen LogP contribution in [0.1, 0.15) is 44.1 Å². The maximum absolute atomic E-state index is 15.2. The fourth-order valence-electron chi connectivity index (χ4n) is 5.65. The molecule has 4 rings (SSSR count). The van der Waals surface area contributed by atoms with E-state index in [0.717, 1.165) is 24.9 Å². The second kappa shape index (κ2) is 11.6. The van der Waals surface area contributed by atoms with Crippen LogP contribution in [0.5, 0.6) is 11.5 Å². The van der Waals surface area contributed by atoms with Crippen LogP contribution in [0.2, 0.25) is 0 Å². The van der Waals surface area contributed by atoms with Gasteiger partial charge in [-0.15, -0.1) is 0 Å². The molecule has 1 saturated heterocycles. The van der Waals surface area contributed by atoms with E-state index < -0.39 is 23.7 Å². The van der Waals surface area contributed by atoms with Crippen molar-refractivity contribution in [3.63, 3.8) is 0 Å². The molecule has 1 aliphatic heterocycles. The van der Waals surface area contributed by atoms with Crippen LogP contribution in [-0.4, -0.2) is 62.0 Å². The lowest BCUT2D eigenvalue weighted by atomic mass is 9.72. The molecule has 1 atom stereocenters. The van der Waals surface area contributed by atoms with Crippen LogP contribution in [0, 0.1) is 5.92 Å². The lowest BCUT2D eigenvalue weighted by Crippen LogP contribution is -2.53. The highest BCUT2D eigenvalue weighted by Crippen LogP contribution is 2.53. The van der Waals surface area contributed by atoms with E-state index in [2.05, 4.69) is 9.80 Å². The van der Waals surface area contributed by atoms with Crippen molar-refractivity contribution in [2.24, 2.45) is 5.92 Å². The van der Waals surface area contributed by atoms with Gasteiger partial charge >= 0.3 is 12.1 Å². The molecular formula is C28H35F3N2O4. The number of para-hydroxylation sites is 1. The van der Waals surface area contributed by atoms with Crippen molar-refractivity contribution in [2.45, 2.75) is 50.3 Å². The predicted molar refractivity (Wildman–Crippen MR) is 135 cm³/mol. The molecular weight excluding hydrogens is 485 g/mol. The highest BCUT2D eigenvalue weighted by molar-refractivity contribution is 5.67. The average molecular weight is 521 g/mol. The van der Waals surface area contributed by atoms with Crippen molar-refractivity contribution in [2.75, 3.05) is 44.7 Å². The molecule has 0 aromatic heterocycles. The van der Waals surface area contributed by atoms with Gasteiger partial charge in [-0.3, -0.25) is 9.69 Å². The van der Waals surface area contributed by atoms with E-state index in [1.54, 1.807) is 42.5 Å². The fourth-order valence-corrected chi connectivity index (χ4v) is 5.65. The Balaban J connectivity index is 1.67. The number of aliphatic carboxylic acids is 1. The molecule has 0 bridgehead atoms. The number of carboxylic acid groups (broad SMARTS) is 1. The minimum Gasteiger partial charge on any atom is -0.495 e. The minimum atomic E-state index is -4.65. The van der Waals surface area contributed by atoms with Crippen LogP contribution < -0.4 is 14.4 Å². The lowest BCUT2D eigenvalue weighted by Gasteiger charge is -2.44. The van der Waals surface area contributed by atoms with Crippen LogP contribution in [-0.2, 0) is 10.4 Å². The Morgan fingerprint density at radius 1 is 1.00 bits per heavy atom. The van der Waals surface area contributed by atoms with E-state index in [9.17, 15) is 4.79 Å². The summed E-state index contributed by atoms with van der Waals surface area (Å²) in [5.74, 6) is -0.984. The number of ether oxygens (including phenoxy) is 2. The van der Waals surface area contributed by atoms with E-state index >= 15 is 13.2 Å². The number of carboxylic acids is 1. The minimum absolute atomic E-state index is 0.0523. The maximum Gasteiger partial charge on any atom is 0.432 e. The Hall–Kier alpha value is -2.94. The predicted octanol–water partition coefficient (Wildman–Crippen LogP) is 5.71. The quantitative estimate of drug-likeness (QED) is 0.457. The number of hydrogen-bond donors (Lipinski definition) is 1. The maximum atomic E-state index is 15.2. The molecule has 1 saturated carbocycles. The van der Waals surface area contributed by atoms with Gasteiger partial charge in [-0.2, -0.15) is 13.2 Å². The summed E-state index contributed by atoms with van der Waals surface area (Å²) in [5, 5.41) is 8.93. The molecule has 37 heavy (non-hydrogen) atoms. The number of hydrogen-bond acceptors (Lipinski definition) is 5. The van der Waals surface area contributed by atoms with Gasteiger partial charge in [0.25, 0.3) is 0 Å². The highest BCUT2D eigenvalue weighted by atomic mass is 19.4. The summed E-state index contributed by atoms with van der Waals surface area (Å²) in [6, 6.07) is 13.0. The van der Waals surface area contributed by atoms with Crippen molar-refractivity contribution < 1.29 is 32.5 Å². The first-order valence-electron chi connectivity index (χ1n) is 12.9. The molecule has 1 N–H and O–H groups in total. The zero-order valence-corrected chi connectivity index (χ0v) is 21.2. The van der Waals surface area contributed by atoms with Crippen LogP contribution in [0.15, 0.2) is 48.5 Å². The molecule has 202 valence electrons. The number of anilines is 1. The topological polar surface area (TPSA) is 62.2 Å². The summed E-state index contributed by atoms with van der Waals surface area (Å²) in [6.45, 7) is 3.07. The number of benzene rings is 2. The summed E-state index contributed by atoms with van der Waals surface area (Å²) in [6.07, 6.45) is -1.28. The largest absolute Gasteiger partial charge is 0.495 e. The van der Waals surface area contributed by atoms with Crippen LogP contribution in [0.4, 0.5) is 18.9 Å². The summed E-state index contributed by atoms with van der Waals surface area (Å²) in [4.78, 5) is 15.0. The Kier molecular flexibility index (Phi) is 8.52. The number of alkyl halides is 3. The molecule has 9 heteroatoms. The number of nitrogens with zero attached hydrogens (tertiary/aromatic N) is 2. The van der Waals surface area contributed by atoms with Crippen molar-refractivity contribution in [3.05, 3.63) is 54.1 Å². The third kappa shape index (κ3) is 5.98. The van der Waals surface area contributed by atoms with E-state index in [1.165, 1.54) is 13.2 Å². The Bertz CT molecular complexity index is 1040. The third-order valence-corrected chi connectivity index (χ3v) is 7.59. The summed E-state index contributed by atoms with van der Waals surface area (Å²) in [5.41, 5.74) is -1.71. The molecule has 0 amide bonds. The number of methoxy groups -OCH3 is 1. The molecule has 6 nitrogen and oxygen atoms in total. The average Bonchev–Trinajstić information content (AvgIpc) is 2.91. The molecule has 1 heterocycles. The van der Waals surface area contributed by atoms with E-state index in [0.29, 0.717) is 51.3 Å². The van der Waals surface area contributed by atoms with Gasteiger partial charge in [0.2, 0.25) is 5.60 Å². The normalized spacial score (nSPS) is 19.3. The lowest BCUT2D eigenvalue weighted by molar-refractivity contribution is -0.278. The smallest absolute Gasteiger partial charge is 0.432 e. The first-order chi connectivity index (χ1) is 17.7. The second-order valence-electron chi connectivity index (χ2n) is 9.84. The molecule has 2 aliphatic rings. The van der Waals surface area contributed by atoms with E-state index in [4.69, 9.17) is 14.6 Å². The Labute approximate surface area is 216 Å². The molecule has 1 unspecified atom stereocenters. The third-order valence-electron chi connectivity index (χ3n) is 7.59. The van der Waals surface area contributed by atoms with Gasteiger partial charge in [0.15, 0.2) is 0 Å².